The molecule has 0 fully saturated rings. The van der Waals surface area contributed by atoms with E-state index in [1.165, 1.54) is 0 Å². The van der Waals surface area contributed by atoms with E-state index in [-0.39, 0.29) is 0 Å². The topological polar surface area (TPSA) is 104 Å². The first-order valence-electron chi connectivity index (χ1n) is 3.17. The number of ketones is 2. The second-order valence-electron chi connectivity index (χ2n) is 1.98. The van der Waals surface area contributed by atoms with Crippen LogP contribution in [0.3, 0.4) is 0 Å². The molecule has 0 aliphatic rings. The third-order valence-corrected chi connectivity index (χ3v) is 1.01. The van der Waals surface area contributed by atoms with Gasteiger partial charge in [-0.25, -0.2) is 0 Å². The average Bonchev–Trinajstić information content (AvgIpc) is 2.11. The summed E-state index contributed by atoms with van der Waals surface area (Å²) in [4.78, 5) is 20.8. The number of rotatable bonds is 6. The standard InChI is InChI=1S/C6H10O6/c7-1-4(9)3-12-6(11)5(10)2-8/h6-8,11H,1-3H2. The minimum Gasteiger partial charge on any atom is -0.388 e. The van der Waals surface area contributed by atoms with Crippen molar-refractivity contribution in [3.8, 4) is 0 Å². The molecule has 6 nitrogen and oxygen atoms in total. The van der Waals surface area contributed by atoms with Crippen molar-refractivity contribution in [1.82, 2.24) is 0 Å². The molecule has 0 aromatic carbocycles. The van der Waals surface area contributed by atoms with Crippen molar-refractivity contribution in [2.75, 3.05) is 19.8 Å². The molecule has 0 bridgehead atoms. The third-order valence-electron chi connectivity index (χ3n) is 1.01. The highest BCUT2D eigenvalue weighted by molar-refractivity contribution is 5.84. The summed E-state index contributed by atoms with van der Waals surface area (Å²) in [7, 11) is 0. The minimum atomic E-state index is -1.80. The van der Waals surface area contributed by atoms with Crippen molar-refractivity contribution in [1.29, 1.82) is 0 Å². The summed E-state index contributed by atoms with van der Waals surface area (Å²) in [6.45, 7) is -2.11. The van der Waals surface area contributed by atoms with Crippen LogP contribution in [0.4, 0.5) is 0 Å². The highest BCUT2D eigenvalue weighted by Gasteiger charge is 2.15. The lowest BCUT2D eigenvalue weighted by molar-refractivity contribution is -0.162. The normalized spacial score (nSPS) is 12.6. The number of aliphatic hydroxyl groups is 3. The number of hydrogen-bond donors (Lipinski definition) is 3. The Balaban J connectivity index is 3.63. The fourth-order valence-electron chi connectivity index (χ4n) is 0.389. The largest absolute Gasteiger partial charge is 0.388 e. The van der Waals surface area contributed by atoms with E-state index in [2.05, 4.69) is 4.74 Å². The lowest BCUT2D eigenvalue weighted by Crippen LogP contribution is -2.29. The van der Waals surface area contributed by atoms with Crippen molar-refractivity contribution in [2.45, 2.75) is 6.29 Å². The Morgan fingerprint density at radius 2 is 1.83 bits per heavy atom. The summed E-state index contributed by atoms with van der Waals surface area (Å²) < 4.78 is 4.28. The molecule has 0 rings (SSSR count). The highest BCUT2D eigenvalue weighted by atomic mass is 16.6. The van der Waals surface area contributed by atoms with Crippen LogP contribution in [0.15, 0.2) is 0 Å². The molecular weight excluding hydrogens is 168 g/mol. The van der Waals surface area contributed by atoms with Gasteiger partial charge in [0.25, 0.3) is 0 Å². The number of ether oxygens (including phenoxy) is 1. The van der Waals surface area contributed by atoms with E-state index in [1.807, 2.05) is 0 Å². The molecule has 1 atom stereocenters. The zero-order valence-corrected chi connectivity index (χ0v) is 6.27. The Hall–Kier alpha value is -0.820. The molecule has 0 amide bonds. The van der Waals surface area contributed by atoms with Crippen molar-refractivity contribution < 1.29 is 29.6 Å². The molecular formula is C6H10O6. The highest BCUT2D eigenvalue weighted by Crippen LogP contribution is 1.88. The van der Waals surface area contributed by atoms with E-state index in [0.29, 0.717) is 0 Å². The molecule has 6 heteroatoms. The predicted molar refractivity (Wildman–Crippen MR) is 36.1 cm³/mol. The SMILES string of the molecule is O=C(CO)COC(O)C(=O)CO. The van der Waals surface area contributed by atoms with Gasteiger partial charge in [0.2, 0.25) is 12.1 Å². The van der Waals surface area contributed by atoms with Crippen molar-refractivity contribution in [3.63, 3.8) is 0 Å². The second-order valence-corrected chi connectivity index (χ2v) is 1.98. The fourth-order valence-corrected chi connectivity index (χ4v) is 0.389. The van der Waals surface area contributed by atoms with Crippen molar-refractivity contribution in [2.24, 2.45) is 0 Å². The van der Waals surface area contributed by atoms with Gasteiger partial charge >= 0.3 is 0 Å². The van der Waals surface area contributed by atoms with Crippen LogP contribution in [-0.2, 0) is 14.3 Å². The monoisotopic (exact) mass is 178 g/mol. The third kappa shape index (κ3) is 4.14. The maximum absolute atomic E-state index is 10.4. The summed E-state index contributed by atoms with van der Waals surface area (Å²) in [5.41, 5.74) is 0. The molecule has 3 N–H and O–H groups in total. The van der Waals surface area contributed by atoms with Crippen LogP contribution in [0.5, 0.6) is 0 Å². The van der Waals surface area contributed by atoms with E-state index in [0.717, 1.165) is 0 Å². The molecule has 70 valence electrons. The van der Waals surface area contributed by atoms with Crippen LogP contribution in [0.25, 0.3) is 0 Å². The van der Waals surface area contributed by atoms with Gasteiger partial charge in [0.1, 0.15) is 19.8 Å². The van der Waals surface area contributed by atoms with Gasteiger partial charge in [-0.1, -0.05) is 0 Å². The van der Waals surface area contributed by atoms with Gasteiger partial charge < -0.3 is 20.1 Å². The number of Topliss-reactive ketones (excluding diaryl/α,β-unsaturated/α-hetero) is 2. The van der Waals surface area contributed by atoms with Gasteiger partial charge in [-0.05, 0) is 0 Å². The molecule has 0 radical (unpaired) electrons. The summed E-state index contributed by atoms with van der Waals surface area (Å²) in [5, 5.41) is 25.1. The van der Waals surface area contributed by atoms with Crippen LogP contribution in [-0.4, -0.2) is 53.0 Å². The number of carbonyl (C=O) groups excluding carboxylic acids is 2. The Kier molecular flexibility index (Phi) is 5.39. The van der Waals surface area contributed by atoms with Gasteiger partial charge in [-0.2, -0.15) is 0 Å². The van der Waals surface area contributed by atoms with Gasteiger partial charge in [-0.15, -0.1) is 0 Å². The minimum absolute atomic E-state index is 0.552. The lowest BCUT2D eigenvalue weighted by Gasteiger charge is -2.07. The number of aliphatic hydroxyl groups excluding tert-OH is 3. The van der Waals surface area contributed by atoms with Gasteiger partial charge in [0.05, 0.1) is 0 Å². The maximum Gasteiger partial charge on any atom is 0.218 e. The second kappa shape index (κ2) is 5.78. The Bertz CT molecular complexity index is 165. The first-order valence-corrected chi connectivity index (χ1v) is 3.17. The summed E-state index contributed by atoms with van der Waals surface area (Å²) in [6.07, 6.45) is -1.80. The van der Waals surface area contributed by atoms with Gasteiger partial charge in [0.15, 0.2) is 5.78 Å². The Morgan fingerprint density at radius 1 is 1.25 bits per heavy atom. The maximum atomic E-state index is 10.4. The number of carbonyl (C=O) groups is 2. The quantitative estimate of drug-likeness (QED) is 0.387. The molecule has 0 spiro atoms. The van der Waals surface area contributed by atoms with Gasteiger partial charge in [-0.3, -0.25) is 9.59 Å². The first kappa shape index (κ1) is 11.2. The molecule has 12 heavy (non-hydrogen) atoms. The smallest absolute Gasteiger partial charge is 0.218 e. The molecule has 0 aromatic rings. The molecule has 0 saturated heterocycles. The molecule has 0 saturated carbocycles. The molecule has 0 heterocycles. The van der Waals surface area contributed by atoms with Crippen LogP contribution in [0.1, 0.15) is 0 Å². The van der Waals surface area contributed by atoms with Crippen LogP contribution in [0, 0.1) is 0 Å². The van der Waals surface area contributed by atoms with Gasteiger partial charge in [0, 0.05) is 0 Å². The Labute approximate surface area is 68.4 Å². The average molecular weight is 178 g/mol. The Morgan fingerprint density at radius 3 is 2.25 bits per heavy atom. The molecule has 0 aliphatic heterocycles. The molecule has 0 aromatic heterocycles. The number of hydrogen-bond acceptors (Lipinski definition) is 6. The van der Waals surface area contributed by atoms with E-state index in [1.54, 1.807) is 0 Å². The van der Waals surface area contributed by atoms with E-state index in [9.17, 15) is 9.59 Å². The van der Waals surface area contributed by atoms with E-state index < -0.39 is 37.7 Å². The van der Waals surface area contributed by atoms with Crippen LogP contribution in [0.2, 0.25) is 0 Å². The van der Waals surface area contributed by atoms with Crippen LogP contribution < -0.4 is 0 Å². The molecule has 0 aliphatic carbocycles. The predicted octanol–water partition coefficient (Wildman–Crippen LogP) is -2.56. The zero-order chi connectivity index (χ0) is 9.56. The van der Waals surface area contributed by atoms with E-state index in [4.69, 9.17) is 15.3 Å². The van der Waals surface area contributed by atoms with Crippen molar-refractivity contribution in [3.05, 3.63) is 0 Å². The summed E-state index contributed by atoms with van der Waals surface area (Å²) in [6, 6.07) is 0. The zero-order valence-electron chi connectivity index (χ0n) is 6.27. The van der Waals surface area contributed by atoms with E-state index >= 15 is 0 Å². The molecule has 1 unspecified atom stereocenters. The lowest BCUT2D eigenvalue weighted by atomic mass is 10.4. The first-order chi connectivity index (χ1) is 5.61. The fraction of sp³-hybridized carbons (Fsp3) is 0.667. The summed E-state index contributed by atoms with van der Waals surface area (Å²) >= 11 is 0. The van der Waals surface area contributed by atoms with Crippen molar-refractivity contribution >= 4 is 11.6 Å². The summed E-state index contributed by atoms with van der Waals surface area (Å²) in [5.74, 6) is -1.58. The van der Waals surface area contributed by atoms with Crippen LogP contribution >= 0.6 is 0 Å².